The number of nitrogens with one attached hydrogen (secondary N) is 1. The van der Waals surface area contributed by atoms with Gasteiger partial charge in [-0.15, -0.1) is 0 Å². The fraction of sp³-hybridized carbons (Fsp3) is 0.435. The zero-order valence-corrected chi connectivity index (χ0v) is 18.1. The molecule has 1 aliphatic rings. The van der Waals surface area contributed by atoms with E-state index >= 15 is 0 Å². The Kier molecular flexibility index (Phi) is 6.63. The molecule has 6 heteroatoms. The van der Waals surface area contributed by atoms with E-state index in [0.717, 1.165) is 30.6 Å². The minimum atomic E-state index is -3.24. The second kappa shape index (κ2) is 8.99. The molecule has 0 aromatic heterocycles. The Hall–Kier alpha value is -2.34. The molecule has 2 aromatic rings. The van der Waals surface area contributed by atoms with E-state index < -0.39 is 15.9 Å². The third-order valence-electron chi connectivity index (χ3n) is 5.46. The summed E-state index contributed by atoms with van der Waals surface area (Å²) in [7, 11) is -3.24. The van der Waals surface area contributed by atoms with Crippen molar-refractivity contribution in [2.45, 2.75) is 63.0 Å². The zero-order chi connectivity index (χ0) is 21.0. The highest BCUT2D eigenvalue weighted by molar-refractivity contribution is 7.90. The normalized spacial score (nSPS) is 15.8. The van der Waals surface area contributed by atoms with Crippen molar-refractivity contribution in [1.29, 1.82) is 0 Å². The lowest BCUT2D eigenvalue weighted by Crippen LogP contribution is -2.38. The number of benzene rings is 2. The number of carbonyl (C=O) groups excluding carboxylic acids is 1. The summed E-state index contributed by atoms with van der Waals surface area (Å²) in [6.45, 7) is 3.74. The lowest BCUT2D eigenvalue weighted by atomic mass is 9.91. The highest BCUT2D eigenvalue weighted by Gasteiger charge is 2.22. The molecule has 3 rings (SSSR count). The van der Waals surface area contributed by atoms with Gasteiger partial charge in [-0.1, -0.05) is 31.2 Å². The molecule has 0 aliphatic heterocycles. The van der Waals surface area contributed by atoms with Gasteiger partial charge in [0.2, 0.25) is 0 Å². The largest absolute Gasteiger partial charge is 0.481 e. The lowest BCUT2D eigenvalue weighted by molar-refractivity contribution is -0.128. The molecule has 0 radical (unpaired) electrons. The number of fused-ring (bicyclic) bond motifs is 1. The molecule has 0 saturated carbocycles. The smallest absolute Gasteiger partial charge is 0.261 e. The van der Waals surface area contributed by atoms with Crippen molar-refractivity contribution < 1.29 is 17.9 Å². The summed E-state index contributed by atoms with van der Waals surface area (Å²) in [5, 5.41) is 3.03. The first-order valence-electron chi connectivity index (χ1n) is 10.2. The molecule has 2 aromatic carbocycles. The van der Waals surface area contributed by atoms with Gasteiger partial charge in [0.15, 0.2) is 15.9 Å². The number of amides is 1. The van der Waals surface area contributed by atoms with E-state index in [4.69, 9.17) is 4.74 Å². The summed E-state index contributed by atoms with van der Waals surface area (Å²) in [5.41, 5.74) is 3.41. The van der Waals surface area contributed by atoms with Gasteiger partial charge in [0, 0.05) is 6.26 Å². The van der Waals surface area contributed by atoms with Crippen molar-refractivity contribution >= 4 is 15.7 Å². The van der Waals surface area contributed by atoms with Crippen LogP contribution in [-0.2, 0) is 27.5 Å². The van der Waals surface area contributed by atoms with Crippen LogP contribution in [0.5, 0.6) is 5.75 Å². The summed E-state index contributed by atoms with van der Waals surface area (Å²) in [5.74, 6) is 0.618. The minimum absolute atomic E-state index is 0.183. The molecule has 0 unspecified atom stereocenters. The third kappa shape index (κ3) is 5.18. The van der Waals surface area contributed by atoms with Crippen molar-refractivity contribution in [3.63, 3.8) is 0 Å². The second-order valence-corrected chi connectivity index (χ2v) is 9.69. The molecule has 156 valence electrons. The Morgan fingerprint density at radius 3 is 2.45 bits per heavy atom. The summed E-state index contributed by atoms with van der Waals surface area (Å²) in [6, 6.07) is 12.5. The molecule has 5 nitrogen and oxygen atoms in total. The Balaban J connectivity index is 1.68. The van der Waals surface area contributed by atoms with Crippen LogP contribution in [0, 0.1) is 0 Å². The topological polar surface area (TPSA) is 72.5 Å². The van der Waals surface area contributed by atoms with Gasteiger partial charge in [-0.3, -0.25) is 4.79 Å². The van der Waals surface area contributed by atoms with Crippen LogP contribution in [0.15, 0.2) is 47.4 Å². The highest BCUT2D eigenvalue weighted by Crippen LogP contribution is 2.30. The van der Waals surface area contributed by atoms with E-state index in [9.17, 15) is 13.2 Å². The monoisotopic (exact) mass is 415 g/mol. The molecule has 0 saturated heterocycles. The Bertz CT molecular complexity index is 967. The van der Waals surface area contributed by atoms with Gasteiger partial charge in [0.25, 0.3) is 5.91 Å². The van der Waals surface area contributed by atoms with Crippen molar-refractivity contribution in [2.75, 3.05) is 6.26 Å². The fourth-order valence-electron chi connectivity index (χ4n) is 3.76. The van der Waals surface area contributed by atoms with Crippen LogP contribution in [0.25, 0.3) is 0 Å². The van der Waals surface area contributed by atoms with Crippen LogP contribution < -0.4 is 10.1 Å². The number of sulfone groups is 1. The summed E-state index contributed by atoms with van der Waals surface area (Å²) in [6.07, 6.45) is 5.66. The fourth-order valence-corrected chi connectivity index (χ4v) is 4.39. The molecule has 0 bridgehead atoms. The van der Waals surface area contributed by atoms with Gasteiger partial charge in [0.05, 0.1) is 10.9 Å². The van der Waals surface area contributed by atoms with Crippen LogP contribution in [0.4, 0.5) is 0 Å². The van der Waals surface area contributed by atoms with Gasteiger partial charge in [-0.2, -0.15) is 0 Å². The number of rotatable bonds is 7. The Morgan fingerprint density at radius 2 is 1.79 bits per heavy atom. The van der Waals surface area contributed by atoms with Gasteiger partial charge in [0.1, 0.15) is 5.75 Å². The molecule has 2 atom stereocenters. The molecular formula is C23H29NO4S. The minimum Gasteiger partial charge on any atom is -0.481 e. The lowest BCUT2D eigenvalue weighted by Gasteiger charge is -2.24. The summed E-state index contributed by atoms with van der Waals surface area (Å²) < 4.78 is 29.3. The maximum Gasteiger partial charge on any atom is 0.261 e. The van der Waals surface area contributed by atoms with E-state index in [0.29, 0.717) is 6.42 Å². The van der Waals surface area contributed by atoms with Crippen molar-refractivity contribution in [1.82, 2.24) is 5.32 Å². The molecular weight excluding hydrogens is 386 g/mol. The predicted molar refractivity (Wildman–Crippen MR) is 114 cm³/mol. The van der Waals surface area contributed by atoms with Crippen LogP contribution in [0.2, 0.25) is 0 Å². The van der Waals surface area contributed by atoms with Crippen LogP contribution in [0.3, 0.4) is 0 Å². The van der Waals surface area contributed by atoms with Crippen molar-refractivity contribution in [2.24, 2.45) is 0 Å². The van der Waals surface area contributed by atoms with E-state index in [2.05, 4.69) is 11.4 Å². The van der Waals surface area contributed by atoms with E-state index in [1.54, 1.807) is 31.2 Å². The number of ether oxygens (including phenoxy) is 1. The third-order valence-corrected chi connectivity index (χ3v) is 6.59. The first kappa shape index (κ1) is 21.4. The van der Waals surface area contributed by atoms with Gasteiger partial charge in [-0.25, -0.2) is 8.42 Å². The molecule has 1 aliphatic carbocycles. The standard InChI is InChI=1S/C23H29NO4S/c1-4-21(18-12-14-19(15-13-18)29(3,26)27)24-23(25)16(2)28-22-11-7-9-17-8-5-6-10-20(17)22/h7,9,11-16,21H,4-6,8,10H2,1-3H3,(H,24,25)/t16-,21+/m0/s1. The van der Waals surface area contributed by atoms with Gasteiger partial charge < -0.3 is 10.1 Å². The summed E-state index contributed by atoms with van der Waals surface area (Å²) >= 11 is 0. The van der Waals surface area contributed by atoms with Crippen molar-refractivity contribution in [3.8, 4) is 5.75 Å². The van der Waals surface area contributed by atoms with Crippen LogP contribution >= 0.6 is 0 Å². The SMILES string of the molecule is CC[C@@H](NC(=O)[C@H](C)Oc1cccc2c1CCCC2)c1ccc(S(C)(=O)=O)cc1. The first-order chi connectivity index (χ1) is 13.8. The maximum absolute atomic E-state index is 12.8. The molecule has 29 heavy (non-hydrogen) atoms. The van der Waals surface area contributed by atoms with Crippen LogP contribution in [0.1, 0.15) is 55.8 Å². The van der Waals surface area contributed by atoms with E-state index in [-0.39, 0.29) is 16.8 Å². The van der Waals surface area contributed by atoms with Crippen LogP contribution in [-0.4, -0.2) is 26.7 Å². The quantitative estimate of drug-likeness (QED) is 0.742. The first-order valence-corrected chi connectivity index (χ1v) is 12.1. The summed E-state index contributed by atoms with van der Waals surface area (Å²) in [4.78, 5) is 13.0. The average molecular weight is 416 g/mol. The second-order valence-electron chi connectivity index (χ2n) is 7.67. The Labute approximate surface area is 173 Å². The van der Waals surface area contributed by atoms with E-state index in [1.807, 2.05) is 19.1 Å². The van der Waals surface area contributed by atoms with E-state index in [1.165, 1.54) is 23.8 Å². The molecule has 0 fully saturated rings. The number of aryl methyl sites for hydroxylation is 1. The number of carbonyl (C=O) groups is 1. The van der Waals surface area contributed by atoms with Crippen molar-refractivity contribution in [3.05, 3.63) is 59.2 Å². The highest BCUT2D eigenvalue weighted by atomic mass is 32.2. The molecule has 0 spiro atoms. The van der Waals surface area contributed by atoms with Gasteiger partial charge in [-0.05, 0) is 73.9 Å². The number of hydrogen-bond donors (Lipinski definition) is 1. The molecule has 1 N–H and O–H groups in total. The zero-order valence-electron chi connectivity index (χ0n) is 17.3. The maximum atomic E-state index is 12.8. The average Bonchev–Trinajstić information content (AvgIpc) is 2.71. The van der Waals surface area contributed by atoms with Gasteiger partial charge >= 0.3 is 0 Å². The predicted octanol–water partition coefficient (Wildman–Crippen LogP) is 4.00. The Morgan fingerprint density at radius 1 is 1.10 bits per heavy atom. The molecule has 0 heterocycles. The molecule has 1 amide bonds. The number of hydrogen-bond acceptors (Lipinski definition) is 4.